The maximum Gasteiger partial charge on any atom is 0.233 e. The summed E-state index contributed by atoms with van der Waals surface area (Å²) in [5, 5.41) is 0.794. The first-order valence-electron chi connectivity index (χ1n) is 10.1. The Morgan fingerprint density at radius 2 is 1.62 bits per heavy atom. The standard InChI is InChI=1S/C24H31N3OS/c1-15-12-17(3)20(18(4)13-15)14-22(28)27(11-10-26(6)7)24-25-23-19(5)16(2)8-9-21(23)29-24/h8-9,12-13H,10-11,14H2,1-7H3. The van der Waals surface area contributed by atoms with Crippen molar-refractivity contribution in [1.82, 2.24) is 9.88 Å². The maximum absolute atomic E-state index is 13.4. The minimum absolute atomic E-state index is 0.107. The Morgan fingerprint density at radius 1 is 0.966 bits per heavy atom. The maximum atomic E-state index is 13.4. The fourth-order valence-electron chi connectivity index (χ4n) is 3.69. The van der Waals surface area contributed by atoms with Crippen molar-refractivity contribution < 1.29 is 4.79 Å². The highest BCUT2D eigenvalue weighted by Gasteiger charge is 2.22. The van der Waals surface area contributed by atoms with E-state index in [4.69, 9.17) is 4.98 Å². The normalized spacial score (nSPS) is 11.4. The predicted molar refractivity (Wildman–Crippen MR) is 124 cm³/mol. The van der Waals surface area contributed by atoms with Crippen molar-refractivity contribution in [2.24, 2.45) is 0 Å². The van der Waals surface area contributed by atoms with Crippen LogP contribution in [0.4, 0.5) is 5.13 Å². The van der Waals surface area contributed by atoms with Gasteiger partial charge >= 0.3 is 0 Å². The van der Waals surface area contributed by atoms with Gasteiger partial charge in [-0.05, 0) is 82.6 Å². The molecular weight excluding hydrogens is 378 g/mol. The Hall–Kier alpha value is -2.24. The van der Waals surface area contributed by atoms with Gasteiger partial charge in [0.1, 0.15) is 0 Å². The lowest BCUT2D eigenvalue weighted by atomic mass is 9.97. The summed E-state index contributed by atoms with van der Waals surface area (Å²) in [6.45, 7) is 11.9. The third-order valence-corrected chi connectivity index (χ3v) is 6.59. The summed E-state index contributed by atoms with van der Waals surface area (Å²) < 4.78 is 1.13. The van der Waals surface area contributed by atoms with E-state index in [2.05, 4.69) is 63.8 Å². The van der Waals surface area contributed by atoms with E-state index in [1.807, 2.05) is 19.0 Å². The van der Waals surface area contributed by atoms with Crippen molar-refractivity contribution in [3.05, 3.63) is 57.6 Å². The van der Waals surface area contributed by atoms with E-state index in [-0.39, 0.29) is 5.91 Å². The lowest BCUT2D eigenvalue weighted by molar-refractivity contribution is -0.118. The summed E-state index contributed by atoms with van der Waals surface area (Å²) in [5.74, 6) is 0.107. The number of nitrogens with zero attached hydrogens (tertiary/aromatic N) is 3. The first-order chi connectivity index (χ1) is 13.7. The number of fused-ring (bicyclic) bond motifs is 1. The second-order valence-corrected chi connectivity index (χ2v) is 9.26. The zero-order chi connectivity index (χ0) is 21.3. The van der Waals surface area contributed by atoms with Crippen LogP contribution in [-0.2, 0) is 11.2 Å². The molecule has 1 heterocycles. The number of anilines is 1. The zero-order valence-electron chi connectivity index (χ0n) is 18.6. The van der Waals surface area contributed by atoms with Gasteiger partial charge in [-0.3, -0.25) is 9.69 Å². The van der Waals surface area contributed by atoms with E-state index in [1.54, 1.807) is 11.3 Å². The second-order valence-electron chi connectivity index (χ2n) is 8.25. The van der Waals surface area contributed by atoms with Crippen molar-refractivity contribution in [2.45, 2.75) is 41.0 Å². The molecule has 0 bridgehead atoms. The molecule has 0 unspecified atom stereocenters. The Morgan fingerprint density at radius 3 is 2.24 bits per heavy atom. The number of benzene rings is 2. The highest BCUT2D eigenvalue weighted by Crippen LogP contribution is 2.32. The molecule has 0 aliphatic carbocycles. The van der Waals surface area contributed by atoms with Crippen LogP contribution in [0.2, 0.25) is 0 Å². The number of hydrogen-bond donors (Lipinski definition) is 0. The number of aromatic nitrogens is 1. The van der Waals surface area contributed by atoms with E-state index in [0.717, 1.165) is 27.5 Å². The molecule has 3 rings (SSSR count). The SMILES string of the molecule is Cc1cc(C)c(CC(=O)N(CCN(C)C)c2nc3c(C)c(C)ccc3s2)c(C)c1. The molecule has 0 atom stereocenters. The van der Waals surface area contributed by atoms with E-state index >= 15 is 0 Å². The van der Waals surface area contributed by atoms with Crippen LogP contribution in [0.5, 0.6) is 0 Å². The van der Waals surface area contributed by atoms with Crippen LogP contribution in [0.3, 0.4) is 0 Å². The third-order valence-electron chi connectivity index (χ3n) is 5.54. The van der Waals surface area contributed by atoms with Crippen LogP contribution in [0.15, 0.2) is 24.3 Å². The van der Waals surface area contributed by atoms with Gasteiger partial charge in [0.05, 0.1) is 16.6 Å². The molecule has 0 aliphatic rings. The number of likely N-dealkylation sites (N-methyl/N-ethyl adjacent to an activating group) is 1. The molecule has 0 saturated carbocycles. The van der Waals surface area contributed by atoms with Gasteiger partial charge < -0.3 is 4.90 Å². The van der Waals surface area contributed by atoms with E-state index in [0.29, 0.717) is 13.0 Å². The number of amides is 1. The first kappa shape index (κ1) is 21.5. The number of carbonyl (C=O) groups excluding carboxylic acids is 1. The van der Waals surface area contributed by atoms with Crippen LogP contribution in [0.25, 0.3) is 10.2 Å². The molecule has 29 heavy (non-hydrogen) atoms. The zero-order valence-corrected chi connectivity index (χ0v) is 19.4. The lowest BCUT2D eigenvalue weighted by Crippen LogP contribution is -2.37. The molecule has 5 heteroatoms. The smallest absolute Gasteiger partial charge is 0.233 e. The summed E-state index contributed by atoms with van der Waals surface area (Å²) in [6, 6.07) is 8.56. The van der Waals surface area contributed by atoms with Crippen molar-refractivity contribution in [2.75, 3.05) is 32.1 Å². The largest absolute Gasteiger partial charge is 0.308 e. The Kier molecular flexibility index (Phi) is 6.39. The summed E-state index contributed by atoms with van der Waals surface area (Å²) >= 11 is 1.61. The van der Waals surface area contributed by atoms with Crippen LogP contribution >= 0.6 is 11.3 Å². The van der Waals surface area contributed by atoms with Gasteiger partial charge in [0, 0.05) is 13.1 Å². The number of hydrogen-bond acceptors (Lipinski definition) is 4. The Bertz CT molecular complexity index is 1030. The lowest BCUT2D eigenvalue weighted by Gasteiger charge is -2.23. The van der Waals surface area contributed by atoms with Gasteiger partial charge in [0.15, 0.2) is 5.13 Å². The fourth-order valence-corrected chi connectivity index (χ4v) is 4.76. The molecule has 0 aliphatic heterocycles. The van der Waals surface area contributed by atoms with E-state index in [1.165, 1.54) is 27.8 Å². The van der Waals surface area contributed by atoms with Crippen molar-refractivity contribution in [1.29, 1.82) is 0 Å². The number of aryl methyl sites for hydroxylation is 5. The molecule has 0 radical (unpaired) electrons. The van der Waals surface area contributed by atoms with Crippen LogP contribution in [-0.4, -0.2) is 43.0 Å². The molecule has 1 aromatic heterocycles. The molecule has 0 spiro atoms. The van der Waals surface area contributed by atoms with Gasteiger partial charge in [0.25, 0.3) is 0 Å². The third kappa shape index (κ3) is 4.68. The average Bonchev–Trinajstić information content (AvgIpc) is 3.06. The van der Waals surface area contributed by atoms with Crippen molar-refractivity contribution >= 4 is 32.6 Å². The molecule has 1 amide bonds. The summed E-state index contributed by atoms with van der Waals surface area (Å²) in [5.41, 5.74) is 8.15. The minimum atomic E-state index is 0.107. The molecule has 2 aromatic carbocycles. The number of carbonyl (C=O) groups is 1. The molecule has 0 fully saturated rings. The number of rotatable bonds is 6. The van der Waals surface area contributed by atoms with E-state index < -0.39 is 0 Å². The van der Waals surface area contributed by atoms with Crippen molar-refractivity contribution in [3.63, 3.8) is 0 Å². The molecule has 154 valence electrons. The highest BCUT2D eigenvalue weighted by atomic mass is 32.1. The Labute approximate surface area is 178 Å². The van der Waals surface area contributed by atoms with Gasteiger partial charge in [-0.2, -0.15) is 0 Å². The Balaban J connectivity index is 1.97. The quantitative estimate of drug-likeness (QED) is 0.576. The average molecular weight is 410 g/mol. The highest BCUT2D eigenvalue weighted by molar-refractivity contribution is 7.22. The minimum Gasteiger partial charge on any atom is -0.308 e. The predicted octanol–water partition coefficient (Wildman–Crippen LogP) is 4.98. The number of thiazole rings is 1. The van der Waals surface area contributed by atoms with Gasteiger partial charge in [0.2, 0.25) is 5.91 Å². The summed E-state index contributed by atoms with van der Waals surface area (Å²) in [7, 11) is 4.06. The first-order valence-corrected chi connectivity index (χ1v) is 10.9. The second kappa shape index (κ2) is 8.64. The summed E-state index contributed by atoms with van der Waals surface area (Å²) in [4.78, 5) is 22.3. The molecule has 3 aromatic rings. The van der Waals surface area contributed by atoms with Gasteiger partial charge in [-0.15, -0.1) is 0 Å². The van der Waals surface area contributed by atoms with Crippen molar-refractivity contribution in [3.8, 4) is 0 Å². The van der Waals surface area contributed by atoms with E-state index in [9.17, 15) is 4.79 Å². The molecular formula is C24H31N3OS. The van der Waals surface area contributed by atoms with Crippen LogP contribution in [0.1, 0.15) is 33.4 Å². The van der Waals surface area contributed by atoms with Crippen LogP contribution < -0.4 is 4.90 Å². The fraction of sp³-hybridized carbons (Fsp3) is 0.417. The summed E-state index contributed by atoms with van der Waals surface area (Å²) in [6.07, 6.45) is 0.402. The van der Waals surface area contributed by atoms with Crippen LogP contribution in [0, 0.1) is 34.6 Å². The monoisotopic (exact) mass is 409 g/mol. The van der Waals surface area contributed by atoms with Gasteiger partial charge in [-0.1, -0.05) is 35.1 Å². The molecule has 0 saturated heterocycles. The molecule has 4 nitrogen and oxygen atoms in total. The van der Waals surface area contributed by atoms with Gasteiger partial charge in [-0.25, -0.2) is 4.98 Å². The molecule has 0 N–H and O–H groups in total. The topological polar surface area (TPSA) is 36.4 Å².